The monoisotopic (exact) mass is 320 g/mol. The van der Waals surface area contributed by atoms with Gasteiger partial charge in [-0.05, 0) is 48.9 Å². The van der Waals surface area contributed by atoms with Crippen LogP contribution in [0.2, 0.25) is 0 Å². The summed E-state index contributed by atoms with van der Waals surface area (Å²) in [7, 11) is 0. The van der Waals surface area contributed by atoms with E-state index in [9.17, 15) is 4.79 Å². The fourth-order valence-corrected chi connectivity index (χ4v) is 3.96. The molecule has 2 aliphatic rings. The van der Waals surface area contributed by atoms with Gasteiger partial charge in [-0.3, -0.25) is 4.79 Å². The van der Waals surface area contributed by atoms with Crippen LogP contribution in [-0.4, -0.2) is 29.9 Å². The molecule has 2 aromatic rings. The molecule has 3 heteroatoms. The standard InChI is InChI=1S/C21H24N2O/c1-16-10-11-18-7-4-5-9-20(18)23(16)15-21(24)22-13-12-17-6-2-3-8-19(17)14-22/h2-9,16H,10-15H2,1H3/t16-/m1/s1. The van der Waals surface area contributed by atoms with Crippen molar-refractivity contribution in [1.29, 1.82) is 0 Å². The van der Waals surface area contributed by atoms with Crippen LogP contribution in [0.3, 0.4) is 0 Å². The zero-order valence-electron chi connectivity index (χ0n) is 14.2. The van der Waals surface area contributed by atoms with Gasteiger partial charge in [-0.25, -0.2) is 0 Å². The quantitative estimate of drug-likeness (QED) is 0.846. The molecule has 0 saturated carbocycles. The third-order valence-electron chi connectivity index (χ3n) is 5.45. The van der Waals surface area contributed by atoms with Crippen LogP contribution in [0.15, 0.2) is 48.5 Å². The number of fused-ring (bicyclic) bond motifs is 2. The van der Waals surface area contributed by atoms with Gasteiger partial charge < -0.3 is 9.80 Å². The maximum absolute atomic E-state index is 12.9. The topological polar surface area (TPSA) is 23.6 Å². The van der Waals surface area contributed by atoms with Crippen LogP contribution in [0.1, 0.15) is 30.0 Å². The Kier molecular flexibility index (Phi) is 4.01. The van der Waals surface area contributed by atoms with Crippen molar-refractivity contribution in [2.75, 3.05) is 18.0 Å². The number of rotatable bonds is 2. The van der Waals surface area contributed by atoms with Gasteiger partial charge in [-0.2, -0.15) is 0 Å². The minimum absolute atomic E-state index is 0.244. The predicted octanol–water partition coefficient (Wildman–Crippen LogP) is 3.41. The lowest BCUT2D eigenvalue weighted by Gasteiger charge is -2.38. The number of para-hydroxylation sites is 1. The summed E-state index contributed by atoms with van der Waals surface area (Å²) in [6.45, 7) is 4.30. The number of aryl methyl sites for hydroxylation is 1. The Balaban J connectivity index is 1.51. The van der Waals surface area contributed by atoms with Gasteiger partial charge in [-0.15, -0.1) is 0 Å². The van der Waals surface area contributed by atoms with Crippen molar-refractivity contribution >= 4 is 11.6 Å². The molecule has 0 aromatic heterocycles. The van der Waals surface area contributed by atoms with Gasteiger partial charge >= 0.3 is 0 Å². The Labute approximate surface area is 143 Å². The van der Waals surface area contributed by atoms with E-state index in [-0.39, 0.29) is 5.91 Å². The first kappa shape index (κ1) is 15.3. The van der Waals surface area contributed by atoms with Crippen LogP contribution in [0.4, 0.5) is 5.69 Å². The zero-order valence-corrected chi connectivity index (χ0v) is 14.2. The van der Waals surface area contributed by atoms with Gasteiger partial charge in [0.2, 0.25) is 5.91 Å². The van der Waals surface area contributed by atoms with E-state index in [0.29, 0.717) is 12.6 Å². The number of benzene rings is 2. The van der Waals surface area contributed by atoms with E-state index < -0.39 is 0 Å². The predicted molar refractivity (Wildman–Crippen MR) is 97.1 cm³/mol. The highest BCUT2D eigenvalue weighted by Gasteiger charge is 2.27. The summed E-state index contributed by atoms with van der Waals surface area (Å²) in [6, 6.07) is 17.4. The maximum atomic E-state index is 12.9. The van der Waals surface area contributed by atoms with Gasteiger partial charge in [-0.1, -0.05) is 42.5 Å². The molecule has 2 heterocycles. The molecule has 0 aliphatic carbocycles. The van der Waals surface area contributed by atoms with Gasteiger partial charge in [0.25, 0.3) is 0 Å². The van der Waals surface area contributed by atoms with E-state index in [1.54, 1.807) is 0 Å². The highest BCUT2D eigenvalue weighted by Crippen LogP contribution is 2.30. The van der Waals surface area contributed by atoms with Crippen LogP contribution in [0.5, 0.6) is 0 Å². The third kappa shape index (κ3) is 2.79. The maximum Gasteiger partial charge on any atom is 0.242 e. The Morgan fingerprint density at radius 1 is 1.00 bits per heavy atom. The number of hydrogen-bond acceptors (Lipinski definition) is 2. The molecule has 2 aliphatic heterocycles. The van der Waals surface area contributed by atoms with Crippen LogP contribution in [0.25, 0.3) is 0 Å². The van der Waals surface area contributed by atoms with Crippen LogP contribution in [-0.2, 0) is 24.2 Å². The molecule has 0 unspecified atom stereocenters. The highest BCUT2D eigenvalue weighted by atomic mass is 16.2. The number of nitrogens with zero attached hydrogens (tertiary/aromatic N) is 2. The molecule has 0 fully saturated rings. The molecule has 0 spiro atoms. The molecule has 0 N–H and O–H groups in total. The van der Waals surface area contributed by atoms with Crippen LogP contribution >= 0.6 is 0 Å². The average molecular weight is 320 g/mol. The SMILES string of the molecule is C[C@@H]1CCc2ccccc2N1CC(=O)N1CCc2ccccc2C1. The molecule has 3 nitrogen and oxygen atoms in total. The van der Waals surface area contributed by atoms with E-state index in [1.807, 2.05) is 4.90 Å². The smallest absolute Gasteiger partial charge is 0.242 e. The summed E-state index contributed by atoms with van der Waals surface area (Å²) in [6.07, 6.45) is 3.19. The van der Waals surface area contributed by atoms with Crippen molar-refractivity contribution in [2.45, 2.75) is 38.8 Å². The van der Waals surface area contributed by atoms with E-state index in [4.69, 9.17) is 0 Å². The largest absolute Gasteiger partial charge is 0.359 e. The van der Waals surface area contributed by atoms with Crippen molar-refractivity contribution in [1.82, 2.24) is 4.90 Å². The van der Waals surface area contributed by atoms with Gasteiger partial charge in [0.1, 0.15) is 0 Å². The second-order valence-electron chi connectivity index (χ2n) is 6.98. The molecular formula is C21H24N2O. The molecule has 24 heavy (non-hydrogen) atoms. The number of carbonyl (C=O) groups is 1. The lowest BCUT2D eigenvalue weighted by molar-refractivity contribution is -0.130. The Hall–Kier alpha value is -2.29. The summed E-state index contributed by atoms with van der Waals surface area (Å²) in [5, 5.41) is 0. The Bertz CT molecular complexity index is 755. The minimum Gasteiger partial charge on any atom is -0.359 e. The molecule has 0 radical (unpaired) electrons. The van der Waals surface area contributed by atoms with E-state index in [2.05, 4.69) is 60.4 Å². The number of hydrogen-bond donors (Lipinski definition) is 0. The van der Waals surface area contributed by atoms with E-state index >= 15 is 0 Å². The summed E-state index contributed by atoms with van der Waals surface area (Å²) >= 11 is 0. The van der Waals surface area contributed by atoms with Crippen molar-refractivity contribution in [3.05, 3.63) is 65.2 Å². The second-order valence-corrected chi connectivity index (χ2v) is 6.98. The zero-order chi connectivity index (χ0) is 16.5. The summed E-state index contributed by atoms with van der Waals surface area (Å²) in [5.41, 5.74) is 5.29. The molecule has 2 aromatic carbocycles. The number of anilines is 1. The average Bonchev–Trinajstić information content (AvgIpc) is 2.63. The van der Waals surface area contributed by atoms with Crippen molar-refractivity contribution in [3.63, 3.8) is 0 Å². The normalized spacial score (nSPS) is 19.6. The summed E-state index contributed by atoms with van der Waals surface area (Å²) in [5.74, 6) is 0.244. The molecule has 1 atom stereocenters. The lowest BCUT2D eigenvalue weighted by atomic mass is 9.96. The van der Waals surface area contributed by atoms with Crippen molar-refractivity contribution < 1.29 is 4.79 Å². The van der Waals surface area contributed by atoms with Crippen molar-refractivity contribution in [3.8, 4) is 0 Å². The first-order valence-corrected chi connectivity index (χ1v) is 8.91. The molecule has 0 saturated heterocycles. The fourth-order valence-electron chi connectivity index (χ4n) is 3.96. The summed E-state index contributed by atoms with van der Waals surface area (Å²) < 4.78 is 0. The molecule has 1 amide bonds. The number of carbonyl (C=O) groups excluding carboxylic acids is 1. The van der Waals surface area contributed by atoms with Gasteiger partial charge in [0.05, 0.1) is 6.54 Å². The molecule has 0 bridgehead atoms. The van der Waals surface area contributed by atoms with Gasteiger partial charge in [0.15, 0.2) is 0 Å². The third-order valence-corrected chi connectivity index (χ3v) is 5.45. The minimum atomic E-state index is 0.244. The lowest BCUT2D eigenvalue weighted by Crippen LogP contribution is -2.47. The van der Waals surface area contributed by atoms with E-state index in [0.717, 1.165) is 32.4 Å². The van der Waals surface area contributed by atoms with Crippen LogP contribution in [0, 0.1) is 0 Å². The van der Waals surface area contributed by atoms with Crippen LogP contribution < -0.4 is 4.90 Å². The van der Waals surface area contributed by atoms with Crippen molar-refractivity contribution in [2.24, 2.45) is 0 Å². The first-order valence-electron chi connectivity index (χ1n) is 8.91. The first-order chi connectivity index (χ1) is 11.7. The van der Waals surface area contributed by atoms with E-state index in [1.165, 1.54) is 22.4 Å². The Morgan fingerprint density at radius 2 is 1.71 bits per heavy atom. The Morgan fingerprint density at radius 3 is 2.54 bits per heavy atom. The molecular weight excluding hydrogens is 296 g/mol. The van der Waals surface area contributed by atoms with Gasteiger partial charge in [0, 0.05) is 24.8 Å². The summed E-state index contributed by atoms with van der Waals surface area (Å²) in [4.78, 5) is 17.2. The fraction of sp³-hybridized carbons (Fsp3) is 0.381. The highest BCUT2D eigenvalue weighted by molar-refractivity contribution is 5.82. The molecule has 4 rings (SSSR count). The molecule has 124 valence electrons. The second kappa shape index (κ2) is 6.31. The number of amides is 1.